The smallest absolute Gasteiger partial charge is 0.337 e. The molecule has 1 aromatic heterocycles. The first-order valence-electron chi connectivity index (χ1n) is 8.83. The molecule has 0 spiro atoms. The van der Waals surface area contributed by atoms with Crippen LogP contribution < -0.4 is 5.32 Å². The Morgan fingerprint density at radius 3 is 2.76 bits per heavy atom. The minimum atomic E-state index is -1.19. The van der Waals surface area contributed by atoms with Gasteiger partial charge in [0, 0.05) is 24.2 Å². The predicted molar refractivity (Wildman–Crippen MR) is 99.6 cm³/mol. The molecular formula is C20H16F2N4O3. The maximum Gasteiger partial charge on any atom is 0.337 e. The summed E-state index contributed by atoms with van der Waals surface area (Å²) in [7, 11) is 0. The molecule has 4 rings (SSSR count). The minimum absolute atomic E-state index is 0.0280. The van der Waals surface area contributed by atoms with E-state index in [0.717, 1.165) is 11.8 Å². The molecule has 0 bridgehead atoms. The Bertz CT molecular complexity index is 1100. The molecule has 29 heavy (non-hydrogen) atoms. The summed E-state index contributed by atoms with van der Waals surface area (Å²) in [5.74, 6) is -3.28. The lowest BCUT2D eigenvalue weighted by atomic mass is 9.95. The number of para-hydroxylation sites is 1. The maximum absolute atomic E-state index is 14.6. The van der Waals surface area contributed by atoms with E-state index in [9.17, 15) is 23.5 Å². The van der Waals surface area contributed by atoms with Gasteiger partial charge in [0.1, 0.15) is 6.04 Å². The van der Waals surface area contributed by atoms with Crippen LogP contribution in [0.15, 0.2) is 48.8 Å². The van der Waals surface area contributed by atoms with Gasteiger partial charge in [-0.3, -0.25) is 0 Å². The maximum atomic E-state index is 14.6. The Hall–Kier alpha value is -3.75. The highest BCUT2D eigenvalue weighted by molar-refractivity contribution is 6.00. The fraction of sp³-hybridized carbons (Fsp3) is 0.150. The highest BCUT2D eigenvalue weighted by atomic mass is 19.2. The van der Waals surface area contributed by atoms with Gasteiger partial charge >= 0.3 is 12.0 Å². The SMILES string of the molecule is O=C(O)c1ccccc1NC(=O)N1CCc2[nH]cnc2C1c1cccc(F)c1F. The second kappa shape index (κ2) is 7.34. The van der Waals surface area contributed by atoms with Crippen LogP contribution in [0, 0.1) is 11.6 Å². The van der Waals surface area contributed by atoms with E-state index in [2.05, 4.69) is 15.3 Å². The van der Waals surface area contributed by atoms with Crippen molar-refractivity contribution in [3.63, 3.8) is 0 Å². The summed E-state index contributed by atoms with van der Waals surface area (Å²) in [4.78, 5) is 32.9. The highest BCUT2D eigenvalue weighted by Crippen LogP contribution is 2.35. The lowest BCUT2D eigenvalue weighted by molar-refractivity contribution is 0.0698. The largest absolute Gasteiger partial charge is 0.478 e. The number of carbonyl (C=O) groups is 2. The first-order valence-corrected chi connectivity index (χ1v) is 8.83. The van der Waals surface area contributed by atoms with Crippen LogP contribution >= 0.6 is 0 Å². The van der Waals surface area contributed by atoms with Crippen molar-refractivity contribution in [3.05, 3.63) is 82.9 Å². The third-order valence-corrected chi connectivity index (χ3v) is 4.86. The molecule has 1 aliphatic rings. The second-order valence-corrected chi connectivity index (χ2v) is 6.54. The summed E-state index contributed by atoms with van der Waals surface area (Å²) in [5, 5.41) is 11.9. The molecule has 0 fully saturated rings. The molecule has 1 unspecified atom stereocenters. The summed E-state index contributed by atoms with van der Waals surface area (Å²) in [6, 6.07) is 8.13. The molecule has 0 aliphatic carbocycles. The number of anilines is 1. The number of aromatic amines is 1. The summed E-state index contributed by atoms with van der Waals surface area (Å²) >= 11 is 0. The van der Waals surface area contributed by atoms with E-state index in [1.807, 2.05) is 0 Å². The number of hydrogen-bond acceptors (Lipinski definition) is 3. The van der Waals surface area contributed by atoms with Crippen molar-refractivity contribution < 1.29 is 23.5 Å². The Labute approximate surface area is 164 Å². The van der Waals surface area contributed by atoms with Crippen LogP contribution in [0.3, 0.4) is 0 Å². The number of imidazole rings is 1. The number of fused-ring (bicyclic) bond motifs is 1. The number of H-pyrrole nitrogens is 1. The second-order valence-electron chi connectivity index (χ2n) is 6.54. The summed E-state index contributed by atoms with van der Waals surface area (Å²) in [6.07, 6.45) is 1.88. The quantitative estimate of drug-likeness (QED) is 0.628. The topological polar surface area (TPSA) is 98.3 Å². The molecule has 2 amide bonds. The van der Waals surface area contributed by atoms with E-state index in [1.54, 1.807) is 12.1 Å². The van der Waals surface area contributed by atoms with Gasteiger partial charge in [0.05, 0.1) is 23.3 Å². The van der Waals surface area contributed by atoms with Gasteiger partial charge in [-0.2, -0.15) is 0 Å². The van der Waals surface area contributed by atoms with Gasteiger partial charge in [0.25, 0.3) is 0 Å². The molecule has 3 aromatic rings. The number of hydrogen-bond donors (Lipinski definition) is 3. The fourth-order valence-electron chi connectivity index (χ4n) is 3.51. The van der Waals surface area contributed by atoms with Gasteiger partial charge in [0.15, 0.2) is 11.6 Å². The molecular weight excluding hydrogens is 382 g/mol. The lowest BCUT2D eigenvalue weighted by Gasteiger charge is -2.35. The number of carboxylic acid groups (broad SMARTS) is 1. The number of carboxylic acids is 1. The predicted octanol–water partition coefficient (Wildman–Crippen LogP) is 3.57. The number of aromatic carboxylic acids is 1. The Balaban J connectivity index is 1.73. The number of amides is 2. The zero-order valence-electron chi connectivity index (χ0n) is 15.0. The van der Waals surface area contributed by atoms with E-state index < -0.39 is 29.7 Å². The van der Waals surface area contributed by atoms with Crippen LogP contribution in [0.5, 0.6) is 0 Å². The monoisotopic (exact) mass is 398 g/mol. The summed E-state index contributed by atoms with van der Waals surface area (Å²) in [6.45, 7) is 0.205. The van der Waals surface area contributed by atoms with Crippen LogP contribution in [-0.2, 0) is 6.42 Å². The summed E-state index contributed by atoms with van der Waals surface area (Å²) < 4.78 is 28.4. The Morgan fingerprint density at radius 1 is 1.17 bits per heavy atom. The van der Waals surface area contributed by atoms with Crippen molar-refractivity contribution in [2.75, 3.05) is 11.9 Å². The van der Waals surface area contributed by atoms with Gasteiger partial charge in [-0.15, -0.1) is 0 Å². The third kappa shape index (κ3) is 3.31. The van der Waals surface area contributed by atoms with Gasteiger partial charge < -0.3 is 20.3 Å². The number of nitrogens with zero attached hydrogens (tertiary/aromatic N) is 2. The van der Waals surface area contributed by atoms with Crippen molar-refractivity contribution in [2.45, 2.75) is 12.5 Å². The number of aromatic nitrogens is 2. The van der Waals surface area contributed by atoms with Gasteiger partial charge in [-0.25, -0.2) is 23.4 Å². The number of carbonyl (C=O) groups excluding carboxylic acids is 1. The Morgan fingerprint density at radius 2 is 1.97 bits per heavy atom. The van der Waals surface area contributed by atoms with Crippen LogP contribution in [0.4, 0.5) is 19.3 Å². The molecule has 7 nitrogen and oxygen atoms in total. The number of benzene rings is 2. The van der Waals surface area contributed by atoms with Crippen LogP contribution in [0.25, 0.3) is 0 Å². The summed E-state index contributed by atoms with van der Waals surface area (Å²) in [5.41, 5.74) is 1.15. The standard InChI is InChI=1S/C20H16F2N4O3/c21-13-6-3-5-12(16(13)22)18-17-15(23-10-24-17)8-9-26(18)20(29)25-14-7-2-1-4-11(14)19(27)28/h1-7,10,18H,8-9H2,(H,23,24)(H,25,29)(H,27,28). The molecule has 0 radical (unpaired) electrons. The fourth-order valence-corrected chi connectivity index (χ4v) is 3.51. The number of nitrogens with one attached hydrogen (secondary N) is 2. The minimum Gasteiger partial charge on any atom is -0.478 e. The molecule has 1 atom stereocenters. The van der Waals surface area contributed by atoms with E-state index in [4.69, 9.17) is 0 Å². The first kappa shape index (κ1) is 18.6. The van der Waals surface area contributed by atoms with Crippen molar-refractivity contribution in [2.24, 2.45) is 0 Å². The van der Waals surface area contributed by atoms with Crippen molar-refractivity contribution in [1.29, 1.82) is 0 Å². The zero-order valence-corrected chi connectivity index (χ0v) is 15.0. The van der Waals surface area contributed by atoms with E-state index in [1.165, 1.54) is 35.5 Å². The first-order chi connectivity index (χ1) is 14.0. The Kier molecular flexibility index (Phi) is 4.71. The van der Waals surface area contributed by atoms with Gasteiger partial charge in [-0.1, -0.05) is 24.3 Å². The molecule has 9 heteroatoms. The van der Waals surface area contributed by atoms with Gasteiger partial charge in [0.2, 0.25) is 0 Å². The van der Waals surface area contributed by atoms with E-state index in [0.29, 0.717) is 12.1 Å². The molecule has 148 valence electrons. The van der Waals surface area contributed by atoms with Crippen LogP contribution in [0.2, 0.25) is 0 Å². The lowest BCUT2D eigenvalue weighted by Crippen LogP contribution is -2.43. The molecule has 2 heterocycles. The van der Waals surface area contributed by atoms with Gasteiger partial charge in [-0.05, 0) is 18.2 Å². The highest BCUT2D eigenvalue weighted by Gasteiger charge is 2.36. The molecule has 1 aliphatic heterocycles. The van der Waals surface area contributed by atoms with Crippen molar-refractivity contribution in [3.8, 4) is 0 Å². The van der Waals surface area contributed by atoms with Crippen LogP contribution in [0.1, 0.15) is 33.4 Å². The molecule has 0 saturated heterocycles. The molecule has 0 saturated carbocycles. The average molecular weight is 398 g/mol. The molecule has 2 aromatic carbocycles. The van der Waals surface area contributed by atoms with E-state index >= 15 is 0 Å². The third-order valence-electron chi connectivity index (χ3n) is 4.86. The molecule has 3 N–H and O–H groups in total. The number of rotatable bonds is 3. The van der Waals surface area contributed by atoms with E-state index in [-0.39, 0.29) is 23.4 Å². The number of urea groups is 1. The van der Waals surface area contributed by atoms with Crippen molar-refractivity contribution in [1.82, 2.24) is 14.9 Å². The zero-order chi connectivity index (χ0) is 20.5. The normalized spacial score (nSPS) is 15.7. The average Bonchev–Trinajstić information content (AvgIpc) is 3.18. The van der Waals surface area contributed by atoms with Crippen LogP contribution in [-0.4, -0.2) is 38.5 Å². The van der Waals surface area contributed by atoms with Crippen molar-refractivity contribution >= 4 is 17.7 Å². The number of halogens is 2.